The SMILES string of the molecule is CCSS/C(CCO)=C(\C)N(C=O)Cc1cnc(C)nc1N. The third-order valence-electron chi connectivity index (χ3n) is 2.94. The lowest BCUT2D eigenvalue weighted by atomic mass is 10.2. The molecule has 122 valence electrons. The van der Waals surface area contributed by atoms with Crippen molar-refractivity contribution in [1.82, 2.24) is 14.9 Å². The number of hydrogen-bond acceptors (Lipinski definition) is 7. The second-order valence-corrected chi connectivity index (χ2v) is 7.21. The van der Waals surface area contributed by atoms with E-state index in [0.29, 0.717) is 30.2 Å². The second kappa shape index (κ2) is 9.70. The first kappa shape index (κ1) is 18.8. The maximum absolute atomic E-state index is 11.4. The van der Waals surface area contributed by atoms with Crippen molar-refractivity contribution < 1.29 is 9.90 Å². The molecule has 1 heterocycles. The molecule has 1 aromatic heterocycles. The smallest absolute Gasteiger partial charge is 0.214 e. The minimum absolute atomic E-state index is 0.0480. The van der Waals surface area contributed by atoms with Crippen LogP contribution in [0.1, 0.15) is 31.7 Å². The molecular formula is C14H22N4O2S2. The van der Waals surface area contributed by atoms with Gasteiger partial charge in [0.25, 0.3) is 0 Å². The molecule has 0 saturated carbocycles. The summed E-state index contributed by atoms with van der Waals surface area (Å²) in [5, 5.41) is 9.20. The second-order valence-electron chi connectivity index (χ2n) is 4.53. The predicted molar refractivity (Wildman–Crippen MR) is 92.9 cm³/mol. The van der Waals surface area contributed by atoms with Crippen LogP contribution in [0.5, 0.6) is 0 Å². The van der Waals surface area contributed by atoms with Gasteiger partial charge in [-0.25, -0.2) is 9.97 Å². The Hall–Kier alpha value is -1.25. The van der Waals surface area contributed by atoms with Gasteiger partial charge in [-0.1, -0.05) is 28.5 Å². The summed E-state index contributed by atoms with van der Waals surface area (Å²) < 4.78 is 0. The Morgan fingerprint density at radius 2 is 2.27 bits per heavy atom. The zero-order valence-electron chi connectivity index (χ0n) is 13.1. The zero-order chi connectivity index (χ0) is 16.5. The molecule has 22 heavy (non-hydrogen) atoms. The zero-order valence-corrected chi connectivity index (χ0v) is 14.7. The highest BCUT2D eigenvalue weighted by Crippen LogP contribution is 2.35. The van der Waals surface area contributed by atoms with Crippen molar-refractivity contribution in [3.63, 3.8) is 0 Å². The van der Waals surface area contributed by atoms with E-state index in [0.717, 1.165) is 22.8 Å². The van der Waals surface area contributed by atoms with Gasteiger partial charge in [0.2, 0.25) is 6.41 Å². The summed E-state index contributed by atoms with van der Waals surface area (Å²) in [5.41, 5.74) is 7.40. The van der Waals surface area contributed by atoms with Crippen LogP contribution >= 0.6 is 21.6 Å². The lowest BCUT2D eigenvalue weighted by Crippen LogP contribution is -2.21. The van der Waals surface area contributed by atoms with Crippen LogP contribution in [0.15, 0.2) is 16.8 Å². The summed E-state index contributed by atoms with van der Waals surface area (Å²) in [5.74, 6) is 1.93. The molecule has 1 rings (SSSR count). The van der Waals surface area contributed by atoms with E-state index in [1.807, 2.05) is 6.92 Å². The molecule has 0 radical (unpaired) electrons. The Morgan fingerprint density at radius 3 is 2.82 bits per heavy atom. The number of hydrogen-bond donors (Lipinski definition) is 2. The molecule has 0 saturated heterocycles. The molecule has 0 aliphatic heterocycles. The monoisotopic (exact) mass is 342 g/mol. The van der Waals surface area contributed by atoms with Crippen LogP contribution in [-0.4, -0.2) is 38.7 Å². The number of aliphatic hydroxyl groups excluding tert-OH is 1. The molecule has 0 unspecified atom stereocenters. The van der Waals surface area contributed by atoms with E-state index in [1.54, 1.807) is 39.6 Å². The van der Waals surface area contributed by atoms with E-state index >= 15 is 0 Å². The first-order valence-electron chi connectivity index (χ1n) is 6.93. The van der Waals surface area contributed by atoms with Gasteiger partial charge >= 0.3 is 0 Å². The summed E-state index contributed by atoms with van der Waals surface area (Å²) in [7, 11) is 3.27. The van der Waals surface area contributed by atoms with E-state index in [1.165, 1.54) is 0 Å². The number of carbonyl (C=O) groups is 1. The van der Waals surface area contributed by atoms with Crippen molar-refractivity contribution >= 4 is 33.8 Å². The normalized spacial score (nSPS) is 12.0. The fourth-order valence-electron chi connectivity index (χ4n) is 1.73. The number of anilines is 1. The molecule has 0 aliphatic carbocycles. The van der Waals surface area contributed by atoms with Crippen molar-refractivity contribution in [2.45, 2.75) is 33.7 Å². The van der Waals surface area contributed by atoms with Crippen LogP contribution in [-0.2, 0) is 11.3 Å². The number of carbonyl (C=O) groups excluding carboxylic acids is 1. The highest BCUT2D eigenvalue weighted by molar-refractivity contribution is 8.78. The summed E-state index contributed by atoms with van der Waals surface area (Å²) in [6, 6.07) is 0. The molecule has 1 amide bonds. The predicted octanol–water partition coefficient (Wildman–Crippen LogP) is 2.34. The lowest BCUT2D eigenvalue weighted by molar-refractivity contribution is -0.116. The first-order chi connectivity index (χ1) is 10.5. The fraction of sp³-hybridized carbons (Fsp3) is 0.500. The minimum Gasteiger partial charge on any atom is -0.396 e. The van der Waals surface area contributed by atoms with E-state index in [2.05, 4.69) is 16.9 Å². The number of nitrogens with zero attached hydrogens (tertiary/aromatic N) is 3. The molecule has 1 aromatic rings. The Balaban J connectivity index is 2.98. The first-order valence-corrected chi connectivity index (χ1v) is 9.25. The largest absolute Gasteiger partial charge is 0.396 e. The Kier molecular flexibility index (Phi) is 8.29. The summed E-state index contributed by atoms with van der Waals surface area (Å²) in [6.07, 6.45) is 2.93. The molecule has 0 atom stereocenters. The third kappa shape index (κ3) is 5.51. The Bertz CT molecular complexity index is 538. The maximum Gasteiger partial charge on any atom is 0.214 e. The Morgan fingerprint density at radius 1 is 1.55 bits per heavy atom. The van der Waals surface area contributed by atoms with Crippen molar-refractivity contribution in [3.8, 4) is 0 Å². The number of nitrogens with two attached hydrogens (primary N) is 1. The summed E-state index contributed by atoms with van der Waals surface area (Å²) >= 11 is 0. The van der Waals surface area contributed by atoms with Gasteiger partial charge < -0.3 is 15.7 Å². The van der Waals surface area contributed by atoms with Gasteiger partial charge in [-0.15, -0.1) is 0 Å². The van der Waals surface area contributed by atoms with Crippen LogP contribution < -0.4 is 5.73 Å². The average molecular weight is 342 g/mol. The van der Waals surface area contributed by atoms with E-state index < -0.39 is 0 Å². The number of aromatic nitrogens is 2. The molecule has 0 fully saturated rings. The number of nitrogen functional groups attached to an aromatic ring is 1. The van der Waals surface area contributed by atoms with Crippen molar-refractivity contribution in [1.29, 1.82) is 0 Å². The van der Waals surface area contributed by atoms with Gasteiger partial charge in [0.05, 0.1) is 6.54 Å². The number of aryl methyl sites for hydroxylation is 1. The third-order valence-corrected chi connectivity index (χ3v) is 5.66. The van der Waals surface area contributed by atoms with Gasteiger partial charge in [0.1, 0.15) is 11.6 Å². The minimum atomic E-state index is 0.0480. The number of allylic oxidation sites excluding steroid dienone is 1. The molecular weight excluding hydrogens is 320 g/mol. The molecule has 8 heteroatoms. The number of aliphatic hydroxyl groups is 1. The highest BCUT2D eigenvalue weighted by Gasteiger charge is 2.14. The maximum atomic E-state index is 11.4. The molecule has 3 N–H and O–H groups in total. The van der Waals surface area contributed by atoms with E-state index in [4.69, 9.17) is 5.73 Å². The molecule has 6 nitrogen and oxygen atoms in total. The lowest BCUT2D eigenvalue weighted by Gasteiger charge is -2.21. The summed E-state index contributed by atoms with van der Waals surface area (Å²) in [6.45, 7) is 6.06. The highest BCUT2D eigenvalue weighted by atomic mass is 33.1. The van der Waals surface area contributed by atoms with Gasteiger partial charge in [-0.2, -0.15) is 0 Å². The van der Waals surface area contributed by atoms with E-state index in [9.17, 15) is 9.90 Å². The van der Waals surface area contributed by atoms with Crippen LogP contribution in [0.4, 0.5) is 5.82 Å². The van der Waals surface area contributed by atoms with Gasteiger partial charge in [0.15, 0.2) is 0 Å². The molecule has 0 spiro atoms. The summed E-state index contributed by atoms with van der Waals surface area (Å²) in [4.78, 5) is 22.2. The fourth-order valence-corrected chi connectivity index (χ4v) is 3.79. The van der Waals surface area contributed by atoms with Crippen LogP contribution in [0.2, 0.25) is 0 Å². The van der Waals surface area contributed by atoms with E-state index in [-0.39, 0.29) is 6.61 Å². The average Bonchev–Trinajstić information content (AvgIpc) is 2.50. The van der Waals surface area contributed by atoms with Crippen molar-refractivity contribution in [2.75, 3.05) is 18.1 Å². The topological polar surface area (TPSA) is 92.3 Å². The molecule has 0 aliphatic rings. The van der Waals surface area contributed by atoms with Crippen LogP contribution in [0.25, 0.3) is 0 Å². The van der Waals surface area contributed by atoms with Gasteiger partial charge in [-0.05, 0) is 13.8 Å². The standard InChI is InChI=1S/C14H22N4O2S2/c1-4-21-22-13(5-6-19)10(2)18(9-20)8-12-7-16-11(3)17-14(12)15/h7,9,19H,4-6,8H2,1-3H3,(H2,15,16,17)/b13-10+. The van der Waals surface area contributed by atoms with Crippen LogP contribution in [0.3, 0.4) is 0 Å². The molecule has 0 bridgehead atoms. The number of amides is 1. The van der Waals surface area contributed by atoms with Crippen LogP contribution in [0, 0.1) is 6.92 Å². The molecule has 0 aromatic carbocycles. The van der Waals surface area contributed by atoms with Gasteiger partial charge in [0, 0.05) is 41.1 Å². The Labute approximate surface area is 139 Å². The van der Waals surface area contributed by atoms with Crippen molar-refractivity contribution in [3.05, 3.63) is 28.2 Å². The van der Waals surface area contributed by atoms with Gasteiger partial charge in [-0.3, -0.25) is 4.79 Å². The van der Waals surface area contributed by atoms with Crippen molar-refractivity contribution in [2.24, 2.45) is 0 Å². The quantitative estimate of drug-likeness (QED) is 0.525. The number of rotatable bonds is 9.